The zero-order valence-electron chi connectivity index (χ0n) is 24.6. The van der Waals surface area contributed by atoms with Crippen LogP contribution in [0, 0.1) is 5.41 Å². The Morgan fingerprint density at radius 2 is 1.92 bits per heavy atom. The molecule has 1 N–H and O–H groups in total. The molecular formula is C29H27ClF2N2O4. The lowest BCUT2D eigenvalue weighted by Gasteiger charge is -2.39. The van der Waals surface area contributed by atoms with Crippen LogP contribution in [0.25, 0.3) is 0 Å². The third-order valence-electron chi connectivity index (χ3n) is 7.02. The summed E-state index contributed by atoms with van der Waals surface area (Å²) in [5, 5.41) is 11.3. The van der Waals surface area contributed by atoms with E-state index in [0.717, 1.165) is 12.0 Å². The second kappa shape index (κ2) is 9.52. The second-order valence-corrected chi connectivity index (χ2v) is 10.2. The van der Waals surface area contributed by atoms with Crippen molar-refractivity contribution < 1.29 is 33.8 Å². The Bertz CT molecular complexity index is 1560. The number of amides is 1. The molecule has 1 saturated carbocycles. The average Bonchev–Trinajstić information content (AvgIpc) is 3.71. The number of alkyl halides is 2. The first kappa shape index (κ1) is 21.7. The molecule has 38 heavy (non-hydrogen) atoms. The Balaban J connectivity index is 1.76. The summed E-state index contributed by atoms with van der Waals surface area (Å²) in [7, 11) is 0. The molecule has 1 atom stereocenters. The van der Waals surface area contributed by atoms with Crippen LogP contribution < -0.4 is 0 Å². The minimum absolute atomic E-state index is 0.00853. The molecule has 2 aliphatic rings. The summed E-state index contributed by atoms with van der Waals surface area (Å²) in [6, 6.07) is 12.7. The van der Waals surface area contributed by atoms with Gasteiger partial charge in [0.2, 0.25) is 0 Å². The topological polar surface area (TPSA) is 79.7 Å². The van der Waals surface area contributed by atoms with Crippen LogP contribution in [0.3, 0.4) is 0 Å². The first-order chi connectivity index (χ1) is 19.4. The number of pyridine rings is 1. The Morgan fingerprint density at radius 3 is 2.47 bits per heavy atom. The molecule has 2 heterocycles. The molecule has 1 aliphatic carbocycles. The minimum Gasteiger partial charge on any atom is -0.396 e. The maximum absolute atomic E-state index is 14.2. The number of hydrogen-bond acceptors (Lipinski definition) is 5. The van der Waals surface area contributed by atoms with E-state index in [9.17, 15) is 23.5 Å². The predicted molar refractivity (Wildman–Crippen MR) is 137 cm³/mol. The van der Waals surface area contributed by atoms with Crippen LogP contribution in [0.4, 0.5) is 8.78 Å². The second-order valence-electron chi connectivity index (χ2n) is 9.77. The summed E-state index contributed by atoms with van der Waals surface area (Å²) in [4.78, 5) is 36.5. The van der Waals surface area contributed by atoms with Gasteiger partial charge in [-0.2, -0.15) is 0 Å². The lowest BCUT2D eigenvalue weighted by molar-refractivity contribution is -0.185. The molecule has 2 aromatic carbocycles. The Labute approximate surface area is 229 Å². The van der Waals surface area contributed by atoms with Crippen LogP contribution in [0.15, 0.2) is 60.8 Å². The fraction of sp³-hybridized carbons (Fsp3) is 0.345. The number of fused-ring (bicyclic) bond motifs is 1. The largest absolute Gasteiger partial charge is 0.396 e. The number of carbonyl (C=O) groups excluding carboxylic acids is 2. The lowest BCUT2D eigenvalue weighted by Crippen LogP contribution is -2.47. The first-order valence-electron chi connectivity index (χ1n) is 13.9. The number of rotatable bonds is 9. The normalized spacial score (nSPS) is 22.3. The van der Waals surface area contributed by atoms with E-state index < -0.39 is 35.9 Å². The molecule has 0 radical (unpaired) electrons. The fourth-order valence-electron chi connectivity index (χ4n) is 4.66. The molecule has 1 fully saturated rings. The van der Waals surface area contributed by atoms with Crippen molar-refractivity contribution in [3.63, 3.8) is 0 Å². The molecule has 1 aromatic heterocycles. The van der Waals surface area contributed by atoms with Gasteiger partial charge in [0.25, 0.3) is 11.8 Å². The number of aliphatic hydroxyl groups is 1. The predicted octanol–water partition coefficient (Wildman–Crippen LogP) is 5.70. The van der Waals surface area contributed by atoms with Crippen LogP contribution >= 0.6 is 11.6 Å². The molecule has 9 heteroatoms. The van der Waals surface area contributed by atoms with E-state index in [-0.39, 0.29) is 52.9 Å². The molecule has 6 nitrogen and oxygen atoms in total. The standard InChI is InChI=1S/C29H27ClF2N2O4/c1-18(36)19-3-10-25-24(13-19)26(37)34(38-17-28(16-35)11-12-28)29(25,14-23-9-8-22(30)15-33-23)21-6-4-20(5-7-21)27(2,31)32/h3-10,13,15,35H,11-12,14,16-17H2,1-2H3/i16D2,17D2. The van der Waals surface area contributed by atoms with E-state index in [0.29, 0.717) is 10.7 Å². The van der Waals surface area contributed by atoms with Crippen molar-refractivity contribution in [3.05, 3.63) is 99.3 Å². The monoisotopic (exact) mass is 544 g/mol. The third kappa shape index (κ3) is 4.61. The summed E-state index contributed by atoms with van der Waals surface area (Å²) < 4.78 is 61.6. The zero-order chi connectivity index (χ0) is 30.9. The summed E-state index contributed by atoms with van der Waals surface area (Å²) in [5.41, 5.74) is -2.83. The number of halogens is 3. The number of nitrogens with zero attached hydrogens (tertiary/aromatic N) is 2. The van der Waals surface area contributed by atoms with Crippen LogP contribution in [-0.2, 0) is 22.7 Å². The number of hydrogen-bond donors (Lipinski definition) is 1. The van der Waals surface area contributed by atoms with E-state index in [1.165, 1.54) is 55.6 Å². The van der Waals surface area contributed by atoms with Gasteiger partial charge in [0.05, 0.1) is 23.6 Å². The van der Waals surface area contributed by atoms with Gasteiger partial charge >= 0.3 is 0 Å². The van der Waals surface area contributed by atoms with Crippen molar-refractivity contribution >= 4 is 23.3 Å². The van der Waals surface area contributed by atoms with Gasteiger partial charge in [0.15, 0.2) is 5.78 Å². The van der Waals surface area contributed by atoms with Crippen molar-refractivity contribution in [2.24, 2.45) is 5.41 Å². The number of carbonyl (C=O) groups is 2. The smallest absolute Gasteiger partial charge is 0.279 e. The average molecular weight is 545 g/mol. The van der Waals surface area contributed by atoms with E-state index in [2.05, 4.69) is 4.98 Å². The van der Waals surface area contributed by atoms with Gasteiger partial charge in [-0.1, -0.05) is 48.0 Å². The molecule has 1 unspecified atom stereocenters. The van der Waals surface area contributed by atoms with Gasteiger partial charge in [0.1, 0.15) is 5.54 Å². The number of ketones is 1. The molecule has 198 valence electrons. The van der Waals surface area contributed by atoms with Crippen LogP contribution in [-0.4, -0.2) is 40.0 Å². The van der Waals surface area contributed by atoms with Crippen molar-refractivity contribution in [3.8, 4) is 0 Å². The summed E-state index contributed by atoms with van der Waals surface area (Å²) in [5.74, 6) is -4.34. The molecule has 0 saturated heterocycles. The zero-order valence-corrected chi connectivity index (χ0v) is 21.4. The summed E-state index contributed by atoms with van der Waals surface area (Å²) >= 11 is 6.04. The summed E-state index contributed by atoms with van der Waals surface area (Å²) in [6.07, 6.45) is 1.13. The van der Waals surface area contributed by atoms with Crippen molar-refractivity contribution in [1.29, 1.82) is 0 Å². The Morgan fingerprint density at radius 1 is 1.21 bits per heavy atom. The number of aromatic nitrogens is 1. The van der Waals surface area contributed by atoms with E-state index in [1.807, 2.05) is 0 Å². The first-order valence-corrected chi connectivity index (χ1v) is 12.3. The lowest BCUT2D eigenvalue weighted by atomic mass is 9.79. The summed E-state index contributed by atoms with van der Waals surface area (Å²) in [6.45, 7) is -3.82. The van der Waals surface area contributed by atoms with Gasteiger partial charge in [0, 0.05) is 47.3 Å². The Kier molecular flexibility index (Phi) is 5.44. The molecule has 3 aromatic rings. The van der Waals surface area contributed by atoms with Gasteiger partial charge in [-0.3, -0.25) is 19.4 Å². The maximum Gasteiger partial charge on any atom is 0.279 e. The molecule has 1 aliphatic heterocycles. The van der Waals surface area contributed by atoms with Crippen LogP contribution in [0.5, 0.6) is 0 Å². The van der Waals surface area contributed by atoms with Crippen LogP contribution in [0.1, 0.15) is 75.3 Å². The van der Waals surface area contributed by atoms with Gasteiger partial charge in [-0.25, -0.2) is 13.8 Å². The van der Waals surface area contributed by atoms with Gasteiger partial charge < -0.3 is 5.11 Å². The highest BCUT2D eigenvalue weighted by Gasteiger charge is 2.54. The Hall–Kier alpha value is -3.20. The van der Waals surface area contributed by atoms with Crippen molar-refractivity contribution in [1.82, 2.24) is 10.0 Å². The van der Waals surface area contributed by atoms with Crippen LogP contribution in [0.2, 0.25) is 5.02 Å². The minimum atomic E-state index is -3.16. The maximum atomic E-state index is 14.2. The SMILES string of the molecule is [2H]C([2H])(O)C1(C([2H])([2H])ON2C(=O)c3cc(C(C)=O)ccc3C2(Cc2ccc(Cl)cn2)c2ccc(C(C)(F)F)cc2)CC1. The van der Waals surface area contributed by atoms with Crippen molar-refractivity contribution in [2.75, 3.05) is 13.1 Å². The highest BCUT2D eigenvalue weighted by Crippen LogP contribution is 2.50. The molecular weight excluding hydrogens is 514 g/mol. The molecule has 0 spiro atoms. The number of hydroxylamine groups is 2. The number of benzene rings is 2. The molecule has 5 rings (SSSR count). The highest BCUT2D eigenvalue weighted by molar-refractivity contribution is 6.30. The molecule has 1 amide bonds. The van der Waals surface area contributed by atoms with E-state index in [1.54, 1.807) is 12.1 Å². The highest BCUT2D eigenvalue weighted by atomic mass is 35.5. The number of Topliss-reactive ketones (excluding diaryl/α,β-unsaturated/α-hetero) is 1. The molecule has 0 bridgehead atoms. The van der Waals surface area contributed by atoms with E-state index >= 15 is 0 Å². The fourth-order valence-corrected chi connectivity index (χ4v) is 4.77. The van der Waals surface area contributed by atoms with Gasteiger partial charge in [-0.05, 0) is 49.1 Å². The van der Waals surface area contributed by atoms with E-state index in [4.69, 9.17) is 21.9 Å². The van der Waals surface area contributed by atoms with Gasteiger partial charge in [-0.15, -0.1) is 0 Å². The quantitative estimate of drug-likeness (QED) is 0.350. The van der Waals surface area contributed by atoms with Crippen molar-refractivity contribution in [2.45, 2.75) is 44.6 Å². The third-order valence-corrected chi connectivity index (χ3v) is 7.25.